The number of nitrogen functional groups attached to an aromatic ring is 1. The zero-order chi connectivity index (χ0) is 14.8. The summed E-state index contributed by atoms with van der Waals surface area (Å²) in [6.45, 7) is 2.03. The van der Waals surface area contributed by atoms with Crippen molar-refractivity contribution in [1.82, 2.24) is 15.3 Å². The molecule has 1 aliphatic rings. The van der Waals surface area contributed by atoms with Gasteiger partial charge in [-0.25, -0.2) is 4.98 Å². The number of ether oxygens (including phenoxy) is 1. The zero-order valence-electron chi connectivity index (χ0n) is 11.1. The lowest BCUT2D eigenvalue weighted by Gasteiger charge is -2.24. The molecular formula is C14H14ClFN4O. The van der Waals surface area contributed by atoms with Crippen molar-refractivity contribution in [3.63, 3.8) is 0 Å². The van der Waals surface area contributed by atoms with Crippen molar-refractivity contribution in [3.05, 3.63) is 40.9 Å². The molecule has 5 nitrogen and oxygen atoms in total. The van der Waals surface area contributed by atoms with Crippen LogP contribution in [0.25, 0.3) is 11.4 Å². The highest BCUT2D eigenvalue weighted by Crippen LogP contribution is 2.27. The van der Waals surface area contributed by atoms with E-state index in [0.717, 1.165) is 12.1 Å². The van der Waals surface area contributed by atoms with E-state index in [1.54, 1.807) is 6.07 Å². The van der Waals surface area contributed by atoms with Crippen LogP contribution < -0.4 is 11.1 Å². The van der Waals surface area contributed by atoms with E-state index in [1.165, 1.54) is 6.20 Å². The Kier molecular flexibility index (Phi) is 4.01. The van der Waals surface area contributed by atoms with Crippen molar-refractivity contribution in [1.29, 1.82) is 0 Å². The van der Waals surface area contributed by atoms with Gasteiger partial charge in [-0.15, -0.1) is 0 Å². The van der Waals surface area contributed by atoms with Crippen LogP contribution in [0, 0.1) is 5.95 Å². The molecule has 110 valence electrons. The first kappa shape index (κ1) is 14.2. The van der Waals surface area contributed by atoms with Gasteiger partial charge in [0.2, 0.25) is 5.95 Å². The van der Waals surface area contributed by atoms with Crippen LogP contribution >= 0.6 is 11.6 Å². The maximum Gasteiger partial charge on any atom is 0.239 e. The van der Waals surface area contributed by atoms with Crippen LogP contribution in [-0.2, 0) is 4.74 Å². The molecule has 0 spiro atoms. The molecule has 0 aliphatic carbocycles. The van der Waals surface area contributed by atoms with Crippen LogP contribution in [0.2, 0.25) is 5.02 Å². The number of hydrogen-bond donors (Lipinski definition) is 2. The Balaban J connectivity index is 1.98. The molecule has 3 rings (SSSR count). The van der Waals surface area contributed by atoms with Gasteiger partial charge < -0.3 is 15.8 Å². The van der Waals surface area contributed by atoms with E-state index < -0.39 is 5.95 Å². The lowest BCUT2D eigenvalue weighted by molar-refractivity contribution is 0.0769. The van der Waals surface area contributed by atoms with Gasteiger partial charge in [-0.2, -0.15) is 9.37 Å². The summed E-state index contributed by atoms with van der Waals surface area (Å²) in [5, 5.41) is 3.88. The summed E-state index contributed by atoms with van der Waals surface area (Å²) in [5.41, 5.74) is 6.91. The van der Waals surface area contributed by atoms with Crippen LogP contribution in [0.4, 0.5) is 10.1 Å². The third kappa shape index (κ3) is 3.12. The van der Waals surface area contributed by atoms with E-state index in [2.05, 4.69) is 15.3 Å². The molecule has 0 amide bonds. The fraction of sp³-hybridized carbons (Fsp3) is 0.286. The van der Waals surface area contributed by atoms with Crippen molar-refractivity contribution >= 4 is 17.3 Å². The minimum absolute atomic E-state index is 0.0508. The van der Waals surface area contributed by atoms with Crippen molar-refractivity contribution in [2.75, 3.05) is 25.5 Å². The van der Waals surface area contributed by atoms with Gasteiger partial charge in [0.15, 0.2) is 5.82 Å². The Morgan fingerprint density at radius 1 is 1.38 bits per heavy atom. The van der Waals surface area contributed by atoms with Crippen LogP contribution in [0.5, 0.6) is 0 Å². The third-order valence-electron chi connectivity index (χ3n) is 3.27. The number of aromatic nitrogens is 2. The lowest BCUT2D eigenvalue weighted by atomic mass is 10.0. The van der Waals surface area contributed by atoms with Gasteiger partial charge in [-0.1, -0.05) is 11.6 Å². The number of nitrogens with one attached hydrogen (secondary N) is 1. The van der Waals surface area contributed by atoms with Crippen molar-refractivity contribution in [2.45, 2.75) is 6.04 Å². The number of rotatable bonds is 2. The summed E-state index contributed by atoms with van der Waals surface area (Å²) in [5.74, 6) is -0.483. The Hall–Kier alpha value is -1.76. The second kappa shape index (κ2) is 5.93. The maximum absolute atomic E-state index is 13.5. The number of hydrogen-bond acceptors (Lipinski definition) is 5. The Morgan fingerprint density at radius 2 is 2.24 bits per heavy atom. The summed E-state index contributed by atoms with van der Waals surface area (Å²) in [6, 6.07) is 5.48. The SMILES string of the molecule is Nc1cnc(-c2cc(Cl)cc(C3COCCN3)c2)nc1F. The summed E-state index contributed by atoms with van der Waals surface area (Å²) < 4.78 is 18.9. The average Bonchev–Trinajstić information content (AvgIpc) is 2.50. The van der Waals surface area contributed by atoms with Crippen LogP contribution in [-0.4, -0.2) is 29.7 Å². The van der Waals surface area contributed by atoms with E-state index in [9.17, 15) is 4.39 Å². The highest BCUT2D eigenvalue weighted by Gasteiger charge is 2.17. The Bertz CT molecular complexity index is 661. The molecule has 0 radical (unpaired) electrons. The smallest absolute Gasteiger partial charge is 0.239 e. The molecule has 3 N–H and O–H groups in total. The predicted octanol–water partition coefficient (Wildman–Crippen LogP) is 2.18. The molecular weight excluding hydrogens is 295 g/mol. The number of halogens is 2. The van der Waals surface area contributed by atoms with Gasteiger partial charge in [0, 0.05) is 17.1 Å². The first-order valence-corrected chi connectivity index (χ1v) is 6.91. The Morgan fingerprint density at radius 3 is 2.95 bits per heavy atom. The van der Waals surface area contributed by atoms with Crippen molar-refractivity contribution in [2.24, 2.45) is 0 Å². The van der Waals surface area contributed by atoms with Crippen LogP contribution in [0.15, 0.2) is 24.4 Å². The first-order chi connectivity index (χ1) is 10.1. The van der Waals surface area contributed by atoms with Gasteiger partial charge in [0.25, 0.3) is 0 Å². The molecule has 7 heteroatoms. The fourth-order valence-corrected chi connectivity index (χ4v) is 2.48. The molecule has 1 fully saturated rings. The third-order valence-corrected chi connectivity index (χ3v) is 3.49. The van der Waals surface area contributed by atoms with Crippen molar-refractivity contribution in [3.8, 4) is 11.4 Å². The number of morpholine rings is 1. The molecule has 0 bridgehead atoms. The van der Waals surface area contributed by atoms with Gasteiger partial charge >= 0.3 is 0 Å². The van der Waals surface area contributed by atoms with Gasteiger partial charge in [0.1, 0.15) is 5.69 Å². The van der Waals surface area contributed by atoms with Gasteiger partial charge in [-0.3, -0.25) is 0 Å². The van der Waals surface area contributed by atoms with Gasteiger partial charge in [0.05, 0.1) is 25.5 Å². The van der Waals surface area contributed by atoms with Crippen molar-refractivity contribution < 1.29 is 9.13 Å². The summed E-state index contributed by atoms with van der Waals surface area (Å²) in [4.78, 5) is 7.81. The Labute approximate surface area is 126 Å². The number of nitrogens with zero attached hydrogens (tertiary/aromatic N) is 2. The second-order valence-corrected chi connectivity index (χ2v) is 5.23. The van der Waals surface area contributed by atoms with E-state index in [1.807, 2.05) is 12.1 Å². The van der Waals surface area contributed by atoms with Gasteiger partial charge in [-0.05, 0) is 23.8 Å². The molecule has 2 heterocycles. The molecule has 1 aromatic heterocycles. The minimum atomic E-state index is -0.736. The largest absolute Gasteiger partial charge is 0.394 e. The minimum Gasteiger partial charge on any atom is -0.394 e. The van der Waals surface area contributed by atoms with E-state index in [4.69, 9.17) is 22.1 Å². The monoisotopic (exact) mass is 308 g/mol. The molecule has 1 atom stereocenters. The summed E-state index contributed by atoms with van der Waals surface area (Å²) in [7, 11) is 0. The molecule has 0 saturated carbocycles. The van der Waals surface area contributed by atoms with Crippen LogP contribution in [0.3, 0.4) is 0 Å². The summed E-state index contributed by atoms with van der Waals surface area (Å²) in [6.07, 6.45) is 1.25. The normalized spacial score (nSPS) is 18.7. The molecule has 1 aliphatic heterocycles. The quantitative estimate of drug-likeness (QED) is 0.832. The first-order valence-electron chi connectivity index (χ1n) is 6.53. The average molecular weight is 309 g/mol. The van der Waals surface area contributed by atoms with E-state index in [0.29, 0.717) is 23.8 Å². The summed E-state index contributed by atoms with van der Waals surface area (Å²) >= 11 is 6.15. The maximum atomic E-state index is 13.5. The molecule has 21 heavy (non-hydrogen) atoms. The second-order valence-electron chi connectivity index (χ2n) is 4.79. The van der Waals surface area contributed by atoms with Crippen LogP contribution in [0.1, 0.15) is 11.6 Å². The topological polar surface area (TPSA) is 73.1 Å². The fourth-order valence-electron chi connectivity index (χ4n) is 2.23. The molecule has 1 aromatic carbocycles. The molecule has 2 aromatic rings. The predicted molar refractivity (Wildman–Crippen MR) is 78.4 cm³/mol. The molecule has 1 saturated heterocycles. The van der Waals surface area contributed by atoms with E-state index in [-0.39, 0.29) is 17.6 Å². The number of benzene rings is 1. The molecule has 1 unspecified atom stereocenters. The lowest BCUT2D eigenvalue weighted by Crippen LogP contribution is -2.34. The van der Waals surface area contributed by atoms with E-state index >= 15 is 0 Å². The highest BCUT2D eigenvalue weighted by molar-refractivity contribution is 6.30. The number of nitrogens with two attached hydrogens (primary N) is 1. The highest BCUT2D eigenvalue weighted by atomic mass is 35.5. The zero-order valence-corrected chi connectivity index (χ0v) is 11.9. The standard InChI is InChI=1S/C14H14ClFN4O/c15-10-4-8(12-7-21-2-1-18-12)3-9(5-10)14-19-6-11(17)13(16)20-14/h3-6,12,18H,1-2,7,17H2. The number of anilines is 1.